The van der Waals surface area contributed by atoms with E-state index in [1.165, 1.54) is 6.20 Å². The Balaban J connectivity index is 1.17. The van der Waals surface area contributed by atoms with Gasteiger partial charge >= 0.3 is 5.91 Å². The van der Waals surface area contributed by atoms with Crippen LogP contribution in [0, 0.1) is 0 Å². The molecular formula is C29H24N7O4+. The number of carbonyl (C=O) groups excluding carboxylic acids is 3. The number of hydrogen-bond donors (Lipinski definition) is 1. The number of morpholine rings is 1. The van der Waals surface area contributed by atoms with Crippen molar-refractivity contribution in [1.82, 2.24) is 15.1 Å². The summed E-state index contributed by atoms with van der Waals surface area (Å²) >= 11 is 0. The number of amides is 2. The second-order valence-electron chi connectivity index (χ2n) is 8.76. The quantitative estimate of drug-likeness (QED) is 0.212. The Hall–Kier alpha value is -5.38. The van der Waals surface area contributed by atoms with Crippen LogP contribution in [0.5, 0.6) is 0 Å². The van der Waals surface area contributed by atoms with Crippen molar-refractivity contribution in [2.24, 2.45) is 10.2 Å². The molecule has 198 valence electrons. The van der Waals surface area contributed by atoms with Crippen LogP contribution in [0.4, 0.5) is 17.1 Å². The molecule has 1 aliphatic rings. The van der Waals surface area contributed by atoms with Crippen molar-refractivity contribution in [2.45, 2.75) is 0 Å². The number of ether oxygens (including phenoxy) is 1. The summed E-state index contributed by atoms with van der Waals surface area (Å²) in [4.78, 5) is 43.3. The smallest absolute Gasteiger partial charge is 0.360 e. The molecule has 0 aliphatic carbocycles. The van der Waals surface area contributed by atoms with Crippen LogP contribution in [0.2, 0.25) is 0 Å². The van der Waals surface area contributed by atoms with E-state index in [9.17, 15) is 14.4 Å². The summed E-state index contributed by atoms with van der Waals surface area (Å²) in [6, 6.07) is 23.4. The maximum absolute atomic E-state index is 12.9. The van der Waals surface area contributed by atoms with Gasteiger partial charge in [-0.05, 0) is 84.9 Å². The van der Waals surface area contributed by atoms with E-state index in [2.05, 4.69) is 35.6 Å². The lowest BCUT2D eigenvalue weighted by Gasteiger charge is -2.28. The van der Waals surface area contributed by atoms with E-state index in [-0.39, 0.29) is 11.5 Å². The molecule has 1 saturated heterocycles. The van der Waals surface area contributed by atoms with Gasteiger partial charge in [0.15, 0.2) is 22.3 Å². The Bertz CT molecular complexity index is 1560. The minimum absolute atomic E-state index is 0.190. The molecule has 5 rings (SSSR count). The molecule has 1 aliphatic heterocycles. The molecule has 1 aromatic heterocycles. The number of nitrogens with zero attached hydrogens (tertiary/aromatic N) is 6. The average molecular weight is 535 g/mol. The van der Waals surface area contributed by atoms with Crippen molar-refractivity contribution in [3.8, 4) is 0 Å². The van der Waals surface area contributed by atoms with Gasteiger partial charge in [0, 0.05) is 47.4 Å². The SMILES string of the molecule is O=C(N=[N+]=Nc1ccc(C(=O)c2ccc(NC(=O)c3cccnn3)cc2)cc1)c1ccc(N2CCOCC2)cc1. The summed E-state index contributed by atoms with van der Waals surface area (Å²) in [5.41, 5.74) is 3.49. The van der Waals surface area contributed by atoms with Crippen molar-refractivity contribution in [2.75, 3.05) is 36.5 Å². The van der Waals surface area contributed by atoms with E-state index in [0.717, 1.165) is 18.8 Å². The van der Waals surface area contributed by atoms with E-state index in [1.807, 2.05) is 12.1 Å². The normalized spacial score (nSPS) is 12.7. The fraction of sp³-hybridized carbons (Fsp3) is 0.138. The van der Waals surface area contributed by atoms with Gasteiger partial charge in [0.25, 0.3) is 5.91 Å². The first-order valence-corrected chi connectivity index (χ1v) is 12.5. The number of nitrogens with one attached hydrogen (secondary N) is 1. The topological polar surface area (TPSA) is 140 Å². The zero-order valence-corrected chi connectivity index (χ0v) is 21.3. The molecule has 3 aromatic carbocycles. The molecule has 2 amide bonds. The van der Waals surface area contributed by atoms with Gasteiger partial charge in [0.05, 0.1) is 13.2 Å². The van der Waals surface area contributed by atoms with Gasteiger partial charge in [0.2, 0.25) is 10.0 Å². The average Bonchev–Trinajstić information content (AvgIpc) is 3.02. The lowest BCUT2D eigenvalue weighted by molar-refractivity contribution is 0.0989. The van der Waals surface area contributed by atoms with E-state index < -0.39 is 11.8 Å². The summed E-state index contributed by atoms with van der Waals surface area (Å²) in [5, 5.41) is 17.8. The number of aromatic nitrogens is 2. The molecule has 4 aromatic rings. The van der Waals surface area contributed by atoms with Crippen LogP contribution in [0.15, 0.2) is 101 Å². The Labute approximate surface area is 229 Å². The van der Waals surface area contributed by atoms with Gasteiger partial charge in [-0.1, -0.05) is 0 Å². The maximum atomic E-state index is 12.9. The second-order valence-corrected chi connectivity index (χ2v) is 8.76. The molecule has 0 unspecified atom stereocenters. The maximum Gasteiger partial charge on any atom is 0.360 e. The molecule has 0 spiro atoms. The molecule has 0 radical (unpaired) electrons. The minimum Gasteiger partial charge on any atom is -0.378 e. The summed E-state index contributed by atoms with van der Waals surface area (Å²) < 4.78 is 5.36. The highest BCUT2D eigenvalue weighted by Gasteiger charge is 2.15. The van der Waals surface area contributed by atoms with Crippen LogP contribution in [-0.2, 0) is 4.74 Å². The Morgan fingerprint density at radius 1 is 0.825 bits per heavy atom. The monoisotopic (exact) mass is 534 g/mol. The number of carbonyl (C=O) groups is 3. The zero-order valence-electron chi connectivity index (χ0n) is 21.3. The largest absolute Gasteiger partial charge is 0.378 e. The summed E-state index contributed by atoms with van der Waals surface area (Å²) in [5.74, 6) is -1.09. The molecule has 1 fully saturated rings. The molecule has 0 bridgehead atoms. The Kier molecular flexibility index (Phi) is 8.16. The number of anilines is 2. The third kappa shape index (κ3) is 6.54. The molecule has 11 heteroatoms. The predicted octanol–water partition coefficient (Wildman–Crippen LogP) is 4.24. The van der Waals surface area contributed by atoms with E-state index in [1.54, 1.807) is 72.8 Å². The highest BCUT2D eigenvalue weighted by atomic mass is 16.5. The van der Waals surface area contributed by atoms with Crippen molar-refractivity contribution in [3.05, 3.63) is 114 Å². The molecule has 40 heavy (non-hydrogen) atoms. The van der Waals surface area contributed by atoms with Crippen molar-refractivity contribution in [3.63, 3.8) is 0 Å². The highest BCUT2D eigenvalue weighted by molar-refractivity contribution is 6.09. The fourth-order valence-corrected chi connectivity index (χ4v) is 3.98. The summed E-state index contributed by atoms with van der Waals surface area (Å²) in [6.07, 6.45) is 1.48. The van der Waals surface area contributed by atoms with Crippen LogP contribution in [0.1, 0.15) is 36.8 Å². The first kappa shape index (κ1) is 26.2. The number of hydrogen-bond acceptors (Lipinski definition) is 8. The van der Waals surface area contributed by atoms with Crippen LogP contribution < -0.4 is 15.1 Å². The number of benzene rings is 3. The standard InChI is InChI=1S/C29H23N7O4/c37-27(20-3-9-23(10-4-20)31-29(39)26-2-1-15-30-33-26)21-5-11-24(12-6-21)32-35-34-28(38)22-7-13-25(14-8-22)36-16-18-40-19-17-36/h1-15H,16-19H2/p+1. The fourth-order valence-electron chi connectivity index (χ4n) is 3.98. The lowest BCUT2D eigenvalue weighted by atomic mass is 10.0. The van der Waals surface area contributed by atoms with Crippen LogP contribution in [-0.4, -0.2) is 54.1 Å². The molecule has 11 nitrogen and oxygen atoms in total. The van der Waals surface area contributed by atoms with Gasteiger partial charge < -0.3 is 15.0 Å². The predicted molar refractivity (Wildman–Crippen MR) is 147 cm³/mol. The van der Waals surface area contributed by atoms with Gasteiger partial charge in [0.1, 0.15) is 0 Å². The summed E-state index contributed by atoms with van der Waals surface area (Å²) in [6.45, 7) is 3.00. The molecule has 2 heterocycles. The van der Waals surface area contributed by atoms with Gasteiger partial charge in [-0.3, -0.25) is 14.4 Å². The first-order valence-electron chi connectivity index (χ1n) is 12.5. The van der Waals surface area contributed by atoms with Crippen LogP contribution in [0.3, 0.4) is 0 Å². The van der Waals surface area contributed by atoms with Crippen molar-refractivity contribution in [1.29, 1.82) is 0 Å². The molecular weight excluding hydrogens is 510 g/mol. The summed E-state index contributed by atoms with van der Waals surface area (Å²) in [7, 11) is 0. The first-order chi connectivity index (χ1) is 19.6. The number of ketones is 1. The second kappa shape index (κ2) is 12.4. The Morgan fingerprint density at radius 2 is 1.48 bits per heavy atom. The Morgan fingerprint density at radius 3 is 2.12 bits per heavy atom. The molecule has 0 saturated carbocycles. The third-order valence-electron chi connectivity index (χ3n) is 6.13. The molecule has 1 N–H and O–H groups in total. The van der Waals surface area contributed by atoms with Crippen molar-refractivity contribution < 1.29 is 19.1 Å². The minimum atomic E-state index is -0.500. The third-order valence-corrected chi connectivity index (χ3v) is 6.13. The van der Waals surface area contributed by atoms with Crippen molar-refractivity contribution >= 4 is 34.7 Å². The van der Waals surface area contributed by atoms with E-state index in [0.29, 0.717) is 41.3 Å². The zero-order chi connectivity index (χ0) is 27.7. The van der Waals surface area contributed by atoms with Crippen LogP contribution >= 0.6 is 0 Å². The number of rotatable bonds is 7. The van der Waals surface area contributed by atoms with E-state index >= 15 is 0 Å². The van der Waals surface area contributed by atoms with Gasteiger partial charge in [-0.15, -0.1) is 5.10 Å². The van der Waals surface area contributed by atoms with Gasteiger partial charge in [-0.2, -0.15) is 5.10 Å². The lowest BCUT2D eigenvalue weighted by Crippen LogP contribution is -2.36. The highest BCUT2D eigenvalue weighted by Crippen LogP contribution is 2.19. The van der Waals surface area contributed by atoms with E-state index in [4.69, 9.17) is 4.74 Å². The van der Waals surface area contributed by atoms with Gasteiger partial charge in [-0.25, -0.2) is 0 Å². The van der Waals surface area contributed by atoms with Crippen LogP contribution in [0.25, 0.3) is 0 Å². The molecule has 0 atom stereocenters.